The van der Waals surface area contributed by atoms with Crippen molar-refractivity contribution in [1.29, 1.82) is 0 Å². The molecule has 114 valence electrons. The molecule has 0 saturated carbocycles. The second-order valence-corrected chi connectivity index (χ2v) is 7.95. The average Bonchev–Trinajstić information content (AvgIpc) is 2.80. The molecule has 0 amide bonds. The number of hydrogen-bond acceptors (Lipinski definition) is 4. The number of ether oxygens (including phenoxy) is 1. The van der Waals surface area contributed by atoms with E-state index in [1.54, 1.807) is 0 Å². The predicted octanol–water partition coefficient (Wildman–Crippen LogP) is 4.46. The Balaban J connectivity index is 2.23. The maximum Gasteiger partial charge on any atom is 0.190 e. The van der Waals surface area contributed by atoms with Gasteiger partial charge in [-0.2, -0.15) is 0 Å². The average molecular weight is 322 g/mol. The van der Waals surface area contributed by atoms with Crippen molar-refractivity contribution in [2.75, 3.05) is 6.61 Å². The van der Waals surface area contributed by atoms with E-state index >= 15 is 0 Å². The van der Waals surface area contributed by atoms with Crippen molar-refractivity contribution in [1.82, 2.24) is 0 Å². The standard InChI is InChI=1S/C17H22O2S2/c1-5-19-16(20)15-13(10-14(18)21-15)11-6-8-12(9-7-11)17(2,3)4/h6-9,13,15H,5,10H2,1-4H3. The first-order valence-electron chi connectivity index (χ1n) is 7.29. The molecule has 21 heavy (non-hydrogen) atoms. The van der Waals surface area contributed by atoms with E-state index in [0.29, 0.717) is 18.1 Å². The molecule has 2 rings (SSSR count). The highest BCUT2D eigenvalue weighted by atomic mass is 32.2. The number of benzene rings is 1. The Bertz CT molecular complexity index is 529. The molecule has 1 aliphatic rings. The first-order valence-corrected chi connectivity index (χ1v) is 8.58. The van der Waals surface area contributed by atoms with Gasteiger partial charge in [0.25, 0.3) is 0 Å². The second kappa shape index (κ2) is 6.49. The molecule has 2 nitrogen and oxygen atoms in total. The minimum absolute atomic E-state index is 0.0343. The van der Waals surface area contributed by atoms with Crippen molar-refractivity contribution < 1.29 is 9.53 Å². The van der Waals surface area contributed by atoms with E-state index in [2.05, 4.69) is 45.0 Å². The third kappa shape index (κ3) is 3.86. The molecule has 0 aromatic heterocycles. The van der Waals surface area contributed by atoms with Crippen LogP contribution in [0.5, 0.6) is 0 Å². The summed E-state index contributed by atoms with van der Waals surface area (Å²) in [5.41, 5.74) is 2.61. The summed E-state index contributed by atoms with van der Waals surface area (Å²) in [7, 11) is 0. The molecule has 2 unspecified atom stereocenters. The van der Waals surface area contributed by atoms with E-state index in [1.807, 2.05) is 6.92 Å². The van der Waals surface area contributed by atoms with Gasteiger partial charge in [-0.25, -0.2) is 0 Å². The highest BCUT2D eigenvalue weighted by molar-refractivity contribution is 8.15. The summed E-state index contributed by atoms with van der Waals surface area (Å²) in [6.45, 7) is 9.07. The monoisotopic (exact) mass is 322 g/mol. The first kappa shape index (κ1) is 16.5. The fraction of sp³-hybridized carbons (Fsp3) is 0.529. The quantitative estimate of drug-likeness (QED) is 0.767. The zero-order valence-corrected chi connectivity index (χ0v) is 14.6. The van der Waals surface area contributed by atoms with Crippen LogP contribution >= 0.6 is 24.0 Å². The molecule has 2 atom stereocenters. The molecule has 0 bridgehead atoms. The van der Waals surface area contributed by atoms with Crippen molar-refractivity contribution in [2.24, 2.45) is 0 Å². The van der Waals surface area contributed by atoms with Crippen LogP contribution in [0.15, 0.2) is 24.3 Å². The van der Waals surface area contributed by atoms with Crippen LogP contribution in [-0.2, 0) is 14.9 Å². The van der Waals surface area contributed by atoms with Gasteiger partial charge in [0.05, 0.1) is 11.9 Å². The molecule has 1 aliphatic heterocycles. The number of rotatable bonds is 3. The van der Waals surface area contributed by atoms with Crippen molar-refractivity contribution in [3.05, 3.63) is 35.4 Å². The van der Waals surface area contributed by atoms with Gasteiger partial charge in [0.15, 0.2) is 10.2 Å². The number of carbonyl (C=O) groups is 1. The summed E-state index contributed by atoms with van der Waals surface area (Å²) in [5.74, 6) is 0.135. The molecule has 0 aliphatic carbocycles. The van der Waals surface area contributed by atoms with Crippen molar-refractivity contribution in [3.8, 4) is 0 Å². The van der Waals surface area contributed by atoms with Crippen LogP contribution in [0, 0.1) is 0 Å². The van der Waals surface area contributed by atoms with Crippen LogP contribution in [0.25, 0.3) is 0 Å². The van der Waals surface area contributed by atoms with Crippen molar-refractivity contribution in [2.45, 2.75) is 50.7 Å². The topological polar surface area (TPSA) is 26.3 Å². The van der Waals surface area contributed by atoms with Gasteiger partial charge in [-0.15, -0.1) is 0 Å². The molecule has 1 saturated heterocycles. The lowest BCUT2D eigenvalue weighted by atomic mass is 9.84. The molecule has 1 aromatic rings. The minimum Gasteiger partial charge on any atom is -0.486 e. The van der Waals surface area contributed by atoms with Gasteiger partial charge in [-0.05, 0) is 35.7 Å². The molecular formula is C17H22O2S2. The highest BCUT2D eigenvalue weighted by Crippen LogP contribution is 2.42. The van der Waals surface area contributed by atoms with Gasteiger partial charge in [-0.1, -0.05) is 56.8 Å². The number of thiocarbonyl (C=S) groups is 1. The van der Waals surface area contributed by atoms with E-state index in [9.17, 15) is 4.79 Å². The van der Waals surface area contributed by atoms with Gasteiger partial charge < -0.3 is 4.74 Å². The Hall–Kier alpha value is -0.870. The number of thioether (sulfide) groups is 1. The number of carbonyl (C=O) groups excluding carboxylic acids is 1. The second-order valence-electron chi connectivity index (χ2n) is 6.35. The molecule has 1 aromatic carbocycles. The SMILES string of the molecule is CCOC(=S)C1SC(=O)CC1c1ccc(C(C)(C)C)cc1. The zero-order chi connectivity index (χ0) is 15.6. The first-order chi connectivity index (χ1) is 9.82. The zero-order valence-electron chi connectivity index (χ0n) is 13.0. The largest absolute Gasteiger partial charge is 0.486 e. The van der Waals surface area contributed by atoms with Crippen LogP contribution in [0.2, 0.25) is 0 Å². The lowest BCUT2D eigenvalue weighted by Gasteiger charge is -2.22. The summed E-state index contributed by atoms with van der Waals surface area (Å²) < 4.78 is 5.46. The summed E-state index contributed by atoms with van der Waals surface area (Å²) in [5, 5.41) is 0.720. The summed E-state index contributed by atoms with van der Waals surface area (Å²) >= 11 is 6.65. The van der Waals surface area contributed by atoms with Gasteiger partial charge in [-0.3, -0.25) is 4.79 Å². The lowest BCUT2D eigenvalue weighted by molar-refractivity contribution is -0.110. The van der Waals surface area contributed by atoms with E-state index in [1.165, 1.54) is 22.9 Å². The third-order valence-corrected chi connectivity index (χ3v) is 5.48. The van der Waals surface area contributed by atoms with Crippen molar-refractivity contribution >= 4 is 34.1 Å². The Morgan fingerprint density at radius 1 is 1.33 bits per heavy atom. The van der Waals surface area contributed by atoms with E-state index < -0.39 is 0 Å². The Labute approximate surface area is 136 Å². The van der Waals surface area contributed by atoms with E-state index in [4.69, 9.17) is 17.0 Å². The van der Waals surface area contributed by atoms with Crippen LogP contribution in [-0.4, -0.2) is 22.0 Å². The van der Waals surface area contributed by atoms with Crippen LogP contribution < -0.4 is 0 Å². The molecule has 1 fully saturated rings. The molecule has 0 spiro atoms. The normalized spacial score (nSPS) is 22.4. The minimum atomic E-state index is -0.0343. The molecule has 0 N–H and O–H groups in total. The molecule has 0 radical (unpaired) electrons. The summed E-state index contributed by atoms with van der Waals surface area (Å²) in [6.07, 6.45) is 0.539. The maximum absolute atomic E-state index is 11.8. The van der Waals surface area contributed by atoms with Gasteiger partial charge >= 0.3 is 0 Å². The van der Waals surface area contributed by atoms with Gasteiger partial charge in [0.1, 0.15) is 0 Å². The fourth-order valence-corrected chi connectivity index (χ4v) is 4.09. The lowest BCUT2D eigenvalue weighted by Crippen LogP contribution is -2.22. The Morgan fingerprint density at radius 2 is 1.95 bits per heavy atom. The number of hydrogen-bond donors (Lipinski definition) is 0. The molecule has 4 heteroatoms. The maximum atomic E-state index is 11.8. The van der Waals surface area contributed by atoms with Crippen LogP contribution in [0.1, 0.15) is 51.2 Å². The van der Waals surface area contributed by atoms with Gasteiger partial charge in [0.2, 0.25) is 0 Å². The summed E-state index contributed by atoms with van der Waals surface area (Å²) in [6, 6.07) is 8.57. The van der Waals surface area contributed by atoms with Gasteiger partial charge in [0, 0.05) is 12.3 Å². The van der Waals surface area contributed by atoms with Crippen molar-refractivity contribution in [3.63, 3.8) is 0 Å². The smallest absolute Gasteiger partial charge is 0.190 e. The van der Waals surface area contributed by atoms with Crippen LogP contribution in [0.4, 0.5) is 0 Å². The third-order valence-electron chi connectivity index (χ3n) is 3.73. The molecule has 1 heterocycles. The molecular weight excluding hydrogens is 300 g/mol. The summed E-state index contributed by atoms with van der Waals surface area (Å²) in [4.78, 5) is 11.8. The van der Waals surface area contributed by atoms with E-state index in [0.717, 1.165) is 0 Å². The van der Waals surface area contributed by atoms with E-state index in [-0.39, 0.29) is 21.7 Å². The Kier molecular flexibility index (Phi) is 5.10. The fourth-order valence-electron chi connectivity index (χ4n) is 2.52. The predicted molar refractivity (Wildman–Crippen MR) is 93.1 cm³/mol. The Morgan fingerprint density at radius 3 is 2.48 bits per heavy atom. The highest BCUT2D eigenvalue weighted by Gasteiger charge is 2.38. The van der Waals surface area contributed by atoms with Crippen LogP contribution in [0.3, 0.4) is 0 Å².